The Kier molecular flexibility index (Phi) is 4.54. The average Bonchev–Trinajstić information content (AvgIpc) is 3.27. The fourth-order valence-electron chi connectivity index (χ4n) is 2.88. The Bertz CT molecular complexity index is 1100. The number of aromatic nitrogens is 1. The third-order valence-corrected chi connectivity index (χ3v) is 5.08. The zero-order chi connectivity index (χ0) is 19.7. The molecule has 138 valence electrons. The van der Waals surface area contributed by atoms with Crippen LogP contribution < -0.4 is 4.90 Å². The molecule has 2 aromatic carbocycles. The summed E-state index contributed by atoms with van der Waals surface area (Å²) in [6.07, 6.45) is 3.43. The lowest BCUT2D eigenvalue weighted by atomic mass is 10.2. The number of nitro groups is 1. The molecular weight excluding hydrogens is 378 g/mol. The molecule has 7 nitrogen and oxygen atoms in total. The molecule has 0 atom stereocenters. The normalized spacial score (nSPS) is 15.4. The van der Waals surface area contributed by atoms with Gasteiger partial charge in [-0.25, -0.2) is 4.90 Å². The summed E-state index contributed by atoms with van der Waals surface area (Å²) < 4.78 is 1.79. The Morgan fingerprint density at radius 3 is 2.29 bits per heavy atom. The standard InChI is InChI=1S/C20H13N3O4S/c24-19-18(28-20(25)22(19)15-5-2-1-3-6-15)13-17-7-4-12-21(17)14-8-10-16(11-9-14)23(26)27/h1-13H/b18-13+. The van der Waals surface area contributed by atoms with E-state index in [0.29, 0.717) is 22.0 Å². The zero-order valence-electron chi connectivity index (χ0n) is 14.4. The number of hydrogen-bond acceptors (Lipinski definition) is 5. The van der Waals surface area contributed by atoms with E-state index < -0.39 is 4.92 Å². The number of thioether (sulfide) groups is 1. The second kappa shape index (κ2) is 7.16. The number of anilines is 1. The van der Waals surface area contributed by atoms with Crippen molar-refractivity contribution in [2.75, 3.05) is 4.90 Å². The van der Waals surface area contributed by atoms with Gasteiger partial charge in [0, 0.05) is 29.7 Å². The summed E-state index contributed by atoms with van der Waals surface area (Å²) >= 11 is 0.881. The molecule has 0 saturated carbocycles. The van der Waals surface area contributed by atoms with Crippen LogP contribution in [0, 0.1) is 10.1 Å². The summed E-state index contributed by atoms with van der Waals surface area (Å²) in [5.74, 6) is -0.377. The van der Waals surface area contributed by atoms with Crippen LogP contribution in [0.1, 0.15) is 5.69 Å². The van der Waals surface area contributed by atoms with Crippen LogP contribution in [0.4, 0.5) is 16.2 Å². The highest BCUT2D eigenvalue weighted by atomic mass is 32.2. The second-order valence-electron chi connectivity index (χ2n) is 5.93. The van der Waals surface area contributed by atoms with Gasteiger partial charge in [-0.2, -0.15) is 0 Å². The fraction of sp³-hybridized carbons (Fsp3) is 0. The van der Waals surface area contributed by atoms with Gasteiger partial charge in [0.2, 0.25) is 0 Å². The van der Waals surface area contributed by atoms with Crippen LogP contribution in [0.2, 0.25) is 0 Å². The molecule has 4 rings (SSSR count). The first-order chi connectivity index (χ1) is 13.5. The molecule has 1 aliphatic heterocycles. The first-order valence-corrected chi connectivity index (χ1v) is 9.11. The Morgan fingerprint density at radius 2 is 1.61 bits per heavy atom. The Labute approximate surface area is 164 Å². The van der Waals surface area contributed by atoms with Crippen molar-refractivity contribution in [3.63, 3.8) is 0 Å². The summed E-state index contributed by atoms with van der Waals surface area (Å²) in [5, 5.41) is 10.5. The zero-order valence-corrected chi connectivity index (χ0v) is 15.2. The van der Waals surface area contributed by atoms with E-state index in [1.807, 2.05) is 6.07 Å². The van der Waals surface area contributed by atoms with Gasteiger partial charge in [-0.05, 0) is 54.2 Å². The van der Waals surface area contributed by atoms with Gasteiger partial charge in [0.25, 0.3) is 16.8 Å². The number of para-hydroxylation sites is 1. The molecular formula is C20H13N3O4S. The van der Waals surface area contributed by atoms with Gasteiger partial charge >= 0.3 is 0 Å². The van der Waals surface area contributed by atoms with E-state index in [4.69, 9.17) is 0 Å². The minimum absolute atomic E-state index is 0.00133. The van der Waals surface area contributed by atoms with Gasteiger partial charge in [0.15, 0.2) is 0 Å². The first kappa shape index (κ1) is 17.7. The highest BCUT2D eigenvalue weighted by Crippen LogP contribution is 2.35. The SMILES string of the molecule is O=C1S/C(=C/c2cccn2-c2ccc([N+](=O)[O-])cc2)C(=O)N1c1ccccc1. The van der Waals surface area contributed by atoms with Gasteiger partial charge in [0.1, 0.15) is 0 Å². The molecule has 2 heterocycles. The number of nitrogens with zero attached hydrogens (tertiary/aromatic N) is 3. The third kappa shape index (κ3) is 3.21. The molecule has 1 fully saturated rings. The highest BCUT2D eigenvalue weighted by molar-refractivity contribution is 8.19. The van der Waals surface area contributed by atoms with E-state index in [2.05, 4.69) is 0 Å². The molecule has 0 N–H and O–H groups in total. The Balaban J connectivity index is 1.66. The van der Waals surface area contributed by atoms with E-state index >= 15 is 0 Å². The lowest BCUT2D eigenvalue weighted by molar-refractivity contribution is -0.384. The number of carbonyl (C=O) groups is 2. The van der Waals surface area contributed by atoms with Gasteiger partial charge < -0.3 is 4.57 Å². The number of benzene rings is 2. The largest absolute Gasteiger partial charge is 0.317 e. The van der Waals surface area contributed by atoms with Crippen LogP contribution in [-0.2, 0) is 4.79 Å². The fourth-order valence-corrected chi connectivity index (χ4v) is 3.71. The van der Waals surface area contributed by atoms with Crippen molar-refractivity contribution in [2.24, 2.45) is 0 Å². The number of amides is 2. The van der Waals surface area contributed by atoms with Crippen molar-refractivity contribution in [2.45, 2.75) is 0 Å². The Hall–Kier alpha value is -3.65. The van der Waals surface area contributed by atoms with E-state index in [0.717, 1.165) is 16.7 Å². The molecule has 0 radical (unpaired) electrons. The number of non-ortho nitro benzene ring substituents is 1. The topological polar surface area (TPSA) is 85.5 Å². The van der Waals surface area contributed by atoms with Crippen molar-refractivity contribution < 1.29 is 14.5 Å². The molecule has 1 aliphatic rings. The predicted octanol–water partition coefficient (Wildman–Crippen LogP) is 4.63. The molecule has 8 heteroatoms. The molecule has 1 saturated heterocycles. The molecule has 0 bridgehead atoms. The molecule has 3 aromatic rings. The molecule has 0 unspecified atom stereocenters. The number of nitro benzene ring substituents is 1. The van der Waals surface area contributed by atoms with E-state index in [9.17, 15) is 19.7 Å². The summed E-state index contributed by atoms with van der Waals surface area (Å²) in [5.41, 5.74) is 1.93. The molecule has 0 aliphatic carbocycles. The van der Waals surface area contributed by atoms with E-state index in [1.54, 1.807) is 65.4 Å². The quantitative estimate of drug-likeness (QED) is 0.368. The third-order valence-electron chi connectivity index (χ3n) is 4.21. The molecule has 0 spiro atoms. The number of imide groups is 1. The van der Waals surface area contributed by atoms with Crippen LogP contribution in [0.5, 0.6) is 0 Å². The summed E-state index contributed by atoms with van der Waals surface area (Å²) in [6, 6.07) is 18.5. The highest BCUT2D eigenvalue weighted by Gasteiger charge is 2.36. The lowest BCUT2D eigenvalue weighted by Gasteiger charge is -2.11. The minimum Gasteiger partial charge on any atom is -0.317 e. The van der Waals surface area contributed by atoms with E-state index in [1.165, 1.54) is 12.1 Å². The lowest BCUT2D eigenvalue weighted by Crippen LogP contribution is -2.27. The van der Waals surface area contributed by atoms with Crippen molar-refractivity contribution in [3.8, 4) is 5.69 Å². The smallest absolute Gasteiger partial charge is 0.298 e. The average molecular weight is 391 g/mol. The van der Waals surface area contributed by atoms with Crippen molar-refractivity contribution >= 4 is 40.4 Å². The van der Waals surface area contributed by atoms with Gasteiger partial charge in [-0.1, -0.05) is 18.2 Å². The minimum atomic E-state index is -0.458. The Morgan fingerprint density at radius 1 is 0.893 bits per heavy atom. The van der Waals surface area contributed by atoms with Crippen molar-refractivity contribution in [1.82, 2.24) is 4.57 Å². The molecule has 1 aromatic heterocycles. The van der Waals surface area contributed by atoms with Gasteiger partial charge in [-0.15, -0.1) is 0 Å². The van der Waals surface area contributed by atoms with Crippen molar-refractivity contribution in [1.29, 1.82) is 0 Å². The van der Waals surface area contributed by atoms with Crippen LogP contribution in [-0.4, -0.2) is 20.6 Å². The number of rotatable bonds is 4. The second-order valence-corrected chi connectivity index (χ2v) is 6.92. The van der Waals surface area contributed by atoms with Crippen LogP contribution in [0.15, 0.2) is 77.8 Å². The predicted molar refractivity (Wildman–Crippen MR) is 107 cm³/mol. The maximum absolute atomic E-state index is 12.7. The summed E-state index contributed by atoms with van der Waals surface area (Å²) in [7, 11) is 0. The number of hydrogen-bond donors (Lipinski definition) is 0. The summed E-state index contributed by atoms with van der Waals surface area (Å²) in [4.78, 5) is 36.9. The van der Waals surface area contributed by atoms with Crippen LogP contribution in [0.3, 0.4) is 0 Å². The first-order valence-electron chi connectivity index (χ1n) is 8.30. The molecule has 28 heavy (non-hydrogen) atoms. The molecule has 2 amide bonds. The van der Waals surface area contributed by atoms with Crippen LogP contribution >= 0.6 is 11.8 Å². The number of carbonyl (C=O) groups excluding carboxylic acids is 2. The monoisotopic (exact) mass is 391 g/mol. The van der Waals surface area contributed by atoms with Gasteiger partial charge in [-0.3, -0.25) is 19.7 Å². The maximum Gasteiger partial charge on any atom is 0.298 e. The summed E-state index contributed by atoms with van der Waals surface area (Å²) in [6.45, 7) is 0. The van der Waals surface area contributed by atoms with E-state index in [-0.39, 0.29) is 16.8 Å². The van der Waals surface area contributed by atoms with Gasteiger partial charge in [0.05, 0.1) is 15.5 Å². The van der Waals surface area contributed by atoms with Crippen molar-refractivity contribution in [3.05, 3.63) is 93.6 Å². The maximum atomic E-state index is 12.7. The van der Waals surface area contributed by atoms with Crippen LogP contribution in [0.25, 0.3) is 11.8 Å².